The Labute approximate surface area is 133 Å². The number of aryl methyl sites for hydroxylation is 1. The number of amides is 1. The first kappa shape index (κ1) is 15.1. The Kier molecular flexibility index (Phi) is 4.22. The van der Waals surface area contributed by atoms with E-state index in [0.717, 1.165) is 35.8 Å². The number of nitrogens with zero attached hydrogens (tertiary/aromatic N) is 2. The Morgan fingerprint density at radius 3 is 2.77 bits per heavy atom. The molecular weight excluding hydrogens is 301 g/mol. The molecule has 2 heterocycles. The van der Waals surface area contributed by atoms with E-state index in [1.54, 1.807) is 17.0 Å². The fourth-order valence-corrected chi connectivity index (χ4v) is 3.66. The van der Waals surface area contributed by atoms with Gasteiger partial charge < -0.3 is 10.2 Å². The van der Waals surface area contributed by atoms with Gasteiger partial charge in [-0.1, -0.05) is 0 Å². The first-order valence-electron chi connectivity index (χ1n) is 7.27. The molecule has 0 aliphatic carbocycles. The predicted molar refractivity (Wildman–Crippen MR) is 85.6 cm³/mol. The van der Waals surface area contributed by atoms with Crippen molar-refractivity contribution in [2.75, 3.05) is 20.1 Å². The van der Waals surface area contributed by atoms with Crippen LogP contribution in [0.25, 0.3) is 10.6 Å². The number of rotatable bonds is 3. The summed E-state index contributed by atoms with van der Waals surface area (Å²) in [5, 5.41) is 4.02. The average molecular weight is 319 g/mol. The molecule has 0 bridgehead atoms. The zero-order chi connectivity index (χ0) is 15.7. The van der Waals surface area contributed by atoms with Gasteiger partial charge in [-0.05, 0) is 44.2 Å². The van der Waals surface area contributed by atoms with Crippen molar-refractivity contribution in [1.29, 1.82) is 0 Å². The molecule has 1 atom stereocenters. The van der Waals surface area contributed by atoms with Crippen LogP contribution >= 0.6 is 11.3 Å². The van der Waals surface area contributed by atoms with Crippen molar-refractivity contribution in [3.05, 3.63) is 40.7 Å². The number of carbonyl (C=O) groups excluding carboxylic acids is 1. The van der Waals surface area contributed by atoms with Crippen molar-refractivity contribution in [1.82, 2.24) is 15.2 Å². The third-order valence-electron chi connectivity index (χ3n) is 3.98. The quantitative estimate of drug-likeness (QED) is 0.946. The lowest BCUT2D eigenvalue weighted by Crippen LogP contribution is -2.38. The summed E-state index contributed by atoms with van der Waals surface area (Å²) in [6, 6.07) is 6.43. The highest BCUT2D eigenvalue weighted by Gasteiger charge is 2.26. The molecule has 1 fully saturated rings. The summed E-state index contributed by atoms with van der Waals surface area (Å²) in [4.78, 5) is 19.6. The SMILES string of the molecule is Cc1nc(-c2ccc(F)cc2)sc1C(=O)N(C)C1CCNC1. The van der Waals surface area contributed by atoms with Crippen LogP contribution in [0.2, 0.25) is 0 Å². The summed E-state index contributed by atoms with van der Waals surface area (Å²) in [6.07, 6.45) is 0.977. The van der Waals surface area contributed by atoms with Crippen molar-refractivity contribution in [2.24, 2.45) is 0 Å². The summed E-state index contributed by atoms with van der Waals surface area (Å²) < 4.78 is 13.0. The minimum absolute atomic E-state index is 0.0112. The molecule has 1 saturated heterocycles. The predicted octanol–water partition coefficient (Wildman–Crippen LogP) is 2.69. The average Bonchev–Trinajstić information content (AvgIpc) is 3.16. The fraction of sp³-hybridized carbons (Fsp3) is 0.375. The van der Waals surface area contributed by atoms with E-state index in [4.69, 9.17) is 0 Å². The van der Waals surface area contributed by atoms with Crippen molar-refractivity contribution >= 4 is 17.2 Å². The number of hydrogen-bond donors (Lipinski definition) is 1. The minimum Gasteiger partial charge on any atom is -0.337 e. The summed E-state index contributed by atoms with van der Waals surface area (Å²) in [7, 11) is 1.84. The summed E-state index contributed by atoms with van der Waals surface area (Å²) in [6.45, 7) is 3.63. The van der Waals surface area contributed by atoms with Gasteiger partial charge in [-0.25, -0.2) is 9.37 Å². The molecule has 2 aromatic rings. The second kappa shape index (κ2) is 6.14. The van der Waals surface area contributed by atoms with E-state index in [2.05, 4.69) is 10.3 Å². The van der Waals surface area contributed by atoms with Crippen LogP contribution in [0, 0.1) is 12.7 Å². The zero-order valence-corrected chi connectivity index (χ0v) is 13.4. The monoisotopic (exact) mass is 319 g/mol. The first-order chi connectivity index (χ1) is 10.6. The van der Waals surface area contributed by atoms with E-state index < -0.39 is 0 Å². The number of aromatic nitrogens is 1. The molecule has 0 saturated carbocycles. The van der Waals surface area contributed by atoms with Gasteiger partial charge >= 0.3 is 0 Å². The highest BCUT2D eigenvalue weighted by atomic mass is 32.1. The van der Waals surface area contributed by atoms with Crippen LogP contribution in [-0.2, 0) is 0 Å². The first-order valence-corrected chi connectivity index (χ1v) is 8.09. The maximum absolute atomic E-state index is 13.0. The normalized spacial score (nSPS) is 17.7. The molecule has 1 aliphatic rings. The third-order valence-corrected chi connectivity index (χ3v) is 5.18. The van der Waals surface area contributed by atoms with Gasteiger partial charge in [0.1, 0.15) is 15.7 Å². The molecule has 22 heavy (non-hydrogen) atoms. The standard InChI is InChI=1S/C16H18FN3OS/c1-10-14(16(21)20(2)13-7-8-18-9-13)22-15(19-10)11-3-5-12(17)6-4-11/h3-6,13,18H,7-9H2,1-2H3. The van der Waals surface area contributed by atoms with Gasteiger partial charge in [-0.15, -0.1) is 11.3 Å². The molecule has 6 heteroatoms. The molecule has 116 valence electrons. The maximum Gasteiger partial charge on any atom is 0.265 e. The largest absolute Gasteiger partial charge is 0.337 e. The number of hydrogen-bond acceptors (Lipinski definition) is 4. The second-order valence-electron chi connectivity index (χ2n) is 5.50. The van der Waals surface area contributed by atoms with Gasteiger partial charge in [0.05, 0.1) is 5.69 Å². The van der Waals surface area contributed by atoms with E-state index in [1.807, 2.05) is 14.0 Å². The Morgan fingerprint density at radius 2 is 2.14 bits per heavy atom. The molecule has 0 radical (unpaired) electrons. The fourth-order valence-electron chi connectivity index (χ4n) is 2.61. The molecule has 0 spiro atoms. The molecule has 1 aliphatic heterocycles. The van der Waals surface area contributed by atoms with Crippen molar-refractivity contribution < 1.29 is 9.18 Å². The van der Waals surface area contributed by atoms with Gasteiger partial charge in [0.15, 0.2) is 0 Å². The Balaban J connectivity index is 1.85. The lowest BCUT2D eigenvalue weighted by Gasteiger charge is -2.23. The highest BCUT2D eigenvalue weighted by molar-refractivity contribution is 7.17. The molecular formula is C16H18FN3OS. The van der Waals surface area contributed by atoms with Crippen molar-refractivity contribution in [3.63, 3.8) is 0 Å². The second-order valence-corrected chi connectivity index (χ2v) is 6.50. The number of likely N-dealkylation sites (N-methyl/N-ethyl adjacent to an activating group) is 1. The number of halogens is 1. The molecule has 1 aromatic carbocycles. The molecule has 1 N–H and O–H groups in total. The van der Waals surface area contributed by atoms with E-state index >= 15 is 0 Å². The molecule has 1 amide bonds. The van der Waals surface area contributed by atoms with Gasteiger partial charge in [0.25, 0.3) is 5.91 Å². The smallest absolute Gasteiger partial charge is 0.265 e. The van der Waals surface area contributed by atoms with Crippen molar-refractivity contribution in [3.8, 4) is 10.6 Å². The lowest BCUT2D eigenvalue weighted by atomic mass is 10.2. The summed E-state index contributed by atoms with van der Waals surface area (Å²) in [5.74, 6) is -0.265. The van der Waals surface area contributed by atoms with Gasteiger partial charge in [0, 0.05) is 25.2 Å². The van der Waals surface area contributed by atoms with Crippen LogP contribution < -0.4 is 5.32 Å². The van der Waals surface area contributed by atoms with E-state index in [0.29, 0.717) is 4.88 Å². The highest BCUT2D eigenvalue weighted by Crippen LogP contribution is 2.29. The molecule has 1 unspecified atom stereocenters. The van der Waals surface area contributed by atoms with Crippen LogP contribution in [-0.4, -0.2) is 42.0 Å². The number of nitrogens with one attached hydrogen (secondary N) is 1. The Hall–Kier alpha value is -1.79. The third kappa shape index (κ3) is 2.89. The van der Waals surface area contributed by atoms with Crippen LogP contribution in [0.1, 0.15) is 21.8 Å². The summed E-state index contributed by atoms with van der Waals surface area (Å²) >= 11 is 1.37. The van der Waals surface area contributed by atoms with Crippen LogP contribution in [0.15, 0.2) is 24.3 Å². The minimum atomic E-state index is -0.276. The van der Waals surface area contributed by atoms with Crippen molar-refractivity contribution in [2.45, 2.75) is 19.4 Å². The number of thiazole rings is 1. The molecule has 3 rings (SSSR count). The van der Waals surface area contributed by atoms with Gasteiger partial charge in [0.2, 0.25) is 0 Å². The topological polar surface area (TPSA) is 45.2 Å². The van der Waals surface area contributed by atoms with E-state index in [9.17, 15) is 9.18 Å². The zero-order valence-electron chi connectivity index (χ0n) is 12.6. The Bertz CT molecular complexity index is 677. The van der Waals surface area contributed by atoms with E-state index in [1.165, 1.54) is 23.5 Å². The molecule has 1 aromatic heterocycles. The van der Waals surface area contributed by atoms with Gasteiger partial charge in [-0.2, -0.15) is 0 Å². The van der Waals surface area contributed by atoms with Crippen LogP contribution in [0.5, 0.6) is 0 Å². The number of benzene rings is 1. The van der Waals surface area contributed by atoms with Crippen LogP contribution in [0.3, 0.4) is 0 Å². The summed E-state index contributed by atoms with van der Waals surface area (Å²) in [5.41, 5.74) is 1.56. The van der Waals surface area contributed by atoms with E-state index in [-0.39, 0.29) is 17.8 Å². The maximum atomic E-state index is 13.0. The molecule has 4 nitrogen and oxygen atoms in total. The number of carbonyl (C=O) groups is 1. The lowest BCUT2D eigenvalue weighted by molar-refractivity contribution is 0.0747. The Morgan fingerprint density at radius 1 is 1.41 bits per heavy atom. The van der Waals surface area contributed by atoms with Gasteiger partial charge in [-0.3, -0.25) is 4.79 Å². The van der Waals surface area contributed by atoms with Crippen LogP contribution in [0.4, 0.5) is 4.39 Å².